The third-order valence-corrected chi connectivity index (χ3v) is 5.87. The number of hydrogen-bond acceptors (Lipinski definition) is 1. The van der Waals surface area contributed by atoms with E-state index in [1.807, 2.05) is 0 Å². The van der Waals surface area contributed by atoms with E-state index in [2.05, 4.69) is 52.4 Å². The molecule has 0 spiro atoms. The minimum Gasteiger partial charge on any atom is -0.307 e. The molecular formula is C18H26BrN. The summed E-state index contributed by atoms with van der Waals surface area (Å²) in [5.41, 5.74) is 1.39. The predicted molar refractivity (Wildman–Crippen MR) is 88.8 cm³/mol. The molecule has 1 N–H and O–H groups in total. The van der Waals surface area contributed by atoms with Gasteiger partial charge in [-0.1, -0.05) is 53.7 Å². The largest absolute Gasteiger partial charge is 0.307 e. The summed E-state index contributed by atoms with van der Waals surface area (Å²) in [5, 5.41) is 3.87. The average molecular weight is 336 g/mol. The molecule has 2 saturated carbocycles. The molecule has 20 heavy (non-hydrogen) atoms. The van der Waals surface area contributed by atoms with Crippen LogP contribution in [0.2, 0.25) is 0 Å². The lowest BCUT2D eigenvalue weighted by Gasteiger charge is -2.40. The Balaban J connectivity index is 1.58. The Hall–Kier alpha value is -0.340. The molecule has 0 bridgehead atoms. The molecule has 4 unspecified atom stereocenters. The summed E-state index contributed by atoms with van der Waals surface area (Å²) in [5.74, 6) is 2.05. The van der Waals surface area contributed by atoms with Gasteiger partial charge in [0, 0.05) is 16.6 Å². The monoisotopic (exact) mass is 335 g/mol. The zero-order chi connectivity index (χ0) is 13.9. The molecule has 1 nitrogen and oxygen atoms in total. The highest BCUT2D eigenvalue weighted by Crippen LogP contribution is 2.40. The summed E-state index contributed by atoms with van der Waals surface area (Å²) >= 11 is 3.57. The number of benzene rings is 1. The summed E-state index contributed by atoms with van der Waals surface area (Å²) < 4.78 is 1.18. The van der Waals surface area contributed by atoms with Crippen molar-refractivity contribution in [2.24, 2.45) is 11.8 Å². The van der Waals surface area contributed by atoms with E-state index >= 15 is 0 Å². The van der Waals surface area contributed by atoms with E-state index in [1.54, 1.807) is 0 Å². The van der Waals surface area contributed by atoms with Gasteiger partial charge in [0.25, 0.3) is 0 Å². The number of rotatable bonds is 3. The molecule has 0 amide bonds. The minimum atomic E-state index is 0.456. The first-order chi connectivity index (χ1) is 9.72. The first-order valence-corrected chi connectivity index (χ1v) is 9.03. The van der Waals surface area contributed by atoms with Crippen molar-refractivity contribution >= 4 is 15.9 Å². The Morgan fingerprint density at radius 2 is 1.90 bits per heavy atom. The predicted octanol–water partition coefficient (Wildman–Crippen LogP) is 5.46. The second-order valence-corrected chi connectivity index (χ2v) is 7.67. The van der Waals surface area contributed by atoms with Gasteiger partial charge in [0.2, 0.25) is 0 Å². The van der Waals surface area contributed by atoms with Crippen LogP contribution in [0.3, 0.4) is 0 Å². The standard InChI is InChI=1S/C18H26BrN/c1-13(15-7-4-8-17(19)11-15)20-18-10-9-14-5-2-3-6-16(14)12-18/h4,7-8,11,13-14,16,18,20H,2-3,5-6,9-10,12H2,1H3. The molecule has 110 valence electrons. The Morgan fingerprint density at radius 3 is 2.70 bits per heavy atom. The smallest absolute Gasteiger partial charge is 0.0294 e. The van der Waals surface area contributed by atoms with Gasteiger partial charge < -0.3 is 5.32 Å². The topological polar surface area (TPSA) is 12.0 Å². The molecule has 2 fully saturated rings. The van der Waals surface area contributed by atoms with Crippen LogP contribution < -0.4 is 5.32 Å². The van der Waals surface area contributed by atoms with Crippen molar-refractivity contribution in [2.75, 3.05) is 0 Å². The van der Waals surface area contributed by atoms with Gasteiger partial charge in [0.1, 0.15) is 0 Å². The molecule has 2 aliphatic rings. The van der Waals surface area contributed by atoms with E-state index in [0.29, 0.717) is 6.04 Å². The number of fused-ring (bicyclic) bond motifs is 1. The summed E-state index contributed by atoms with van der Waals surface area (Å²) in [6, 6.07) is 9.89. The van der Waals surface area contributed by atoms with Crippen molar-refractivity contribution in [2.45, 2.75) is 64.0 Å². The summed E-state index contributed by atoms with van der Waals surface area (Å²) in [6.07, 6.45) is 10.2. The van der Waals surface area contributed by atoms with Crippen LogP contribution in [-0.2, 0) is 0 Å². The molecular weight excluding hydrogens is 310 g/mol. The highest BCUT2D eigenvalue weighted by Gasteiger charge is 2.32. The average Bonchev–Trinajstić information content (AvgIpc) is 2.47. The molecule has 2 aliphatic carbocycles. The SMILES string of the molecule is CC(NC1CCC2CCCCC2C1)c1cccc(Br)c1. The Morgan fingerprint density at radius 1 is 1.10 bits per heavy atom. The van der Waals surface area contributed by atoms with Gasteiger partial charge in [-0.15, -0.1) is 0 Å². The lowest BCUT2D eigenvalue weighted by atomic mass is 9.69. The third-order valence-electron chi connectivity index (χ3n) is 5.37. The first-order valence-electron chi connectivity index (χ1n) is 8.24. The fraction of sp³-hybridized carbons (Fsp3) is 0.667. The van der Waals surface area contributed by atoms with Crippen LogP contribution in [0.5, 0.6) is 0 Å². The molecule has 1 aromatic rings. The lowest BCUT2D eigenvalue weighted by Crippen LogP contribution is -2.39. The molecule has 1 aromatic carbocycles. The van der Waals surface area contributed by atoms with Gasteiger partial charge in [-0.25, -0.2) is 0 Å². The quantitative estimate of drug-likeness (QED) is 0.773. The molecule has 0 aromatic heterocycles. The molecule has 0 aliphatic heterocycles. The summed E-state index contributed by atoms with van der Waals surface area (Å²) in [4.78, 5) is 0. The highest BCUT2D eigenvalue weighted by atomic mass is 79.9. The maximum atomic E-state index is 3.87. The second-order valence-electron chi connectivity index (χ2n) is 6.76. The molecule has 0 radical (unpaired) electrons. The molecule has 0 heterocycles. The van der Waals surface area contributed by atoms with E-state index in [4.69, 9.17) is 0 Å². The van der Waals surface area contributed by atoms with Crippen molar-refractivity contribution in [3.05, 3.63) is 34.3 Å². The van der Waals surface area contributed by atoms with Gasteiger partial charge in [-0.2, -0.15) is 0 Å². The number of nitrogens with one attached hydrogen (secondary N) is 1. The third kappa shape index (κ3) is 3.46. The van der Waals surface area contributed by atoms with E-state index < -0.39 is 0 Å². The van der Waals surface area contributed by atoms with E-state index in [9.17, 15) is 0 Å². The van der Waals surface area contributed by atoms with E-state index in [0.717, 1.165) is 17.9 Å². The van der Waals surface area contributed by atoms with E-state index in [1.165, 1.54) is 55.0 Å². The second kappa shape index (κ2) is 6.62. The summed E-state index contributed by atoms with van der Waals surface area (Å²) in [6.45, 7) is 2.30. The number of hydrogen-bond donors (Lipinski definition) is 1. The van der Waals surface area contributed by atoms with Crippen LogP contribution in [0.15, 0.2) is 28.7 Å². The van der Waals surface area contributed by atoms with Gasteiger partial charge in [-0.05, 0) is 55.7 Å². The Bertz CT molecular complexity index is 445. The zero-order valence-corrected chi connectivity index (χ0v) is 14.0. The van der Waals surface area contributed by atoms with Gasteiger partial charge in [-0.3, -0.25) is 0 Å². The van der Waals surface area contributed by atoms with Gasteiger partial charge in [0.05, 0.1) is 0 Å². The van der Waals surface area contributed by atoms with Gasteiger partial charge >= 0.3 is 0 Å². The number of halogens is 1. The molecule has 3 rings (SSSR count). The van der Waals surface area contributed by atoms with Crippen LogP contribution in [0.25, 0.3) is 0 Å². The zero-order valence-electron chi connectivity index (χ0n) is 12.4. The van der Waals surface area contributed by atoms with Gasteiger partial charge in [0.15, 0.2) is 0 Å². The van der Waals surface area contributed by atoms with Crippen LogP contribution in [0.4, 0.5) is 0 Å². The Kier molecular flexibility index (Phi) is 4.83. The fourth-order valence-corrected chi connectivity index (χ4v) is 4.67. The van der Waals surface area contributed by atoms with Crippen molar-refractivity contribution < 1.29 is 0 Å². The fourth-order valence-electron chi connectivity index (χ4n) is 4.25. The van der Waals surface area contributed by atoms with Crippen molar-refractivity contribution in [1.82, 2.24) is 5.32 Å². The Labute approximate surface area is 131 Å². The molecule has 4 atom stereocenters. The first kappa shape index (κ1) is 14.6. The maximum absolute atomic E-state index is 3.87. The maximum Gasteiger partial charge on any atom is 0.0294 e. The van der Waals surface area contributed by atoms with E-state index in [-0.39, 0.29) is 0 Å². The minimum absolute atomic E-state index is 0.456. The molecule has 0 saturated heterocycles. The van der Waals surface area contributed by atoms with Crippen molar-refractivity contribution in [1.29, 1.82) is 0 Å². The van der Waals surface area contributed by atoms with Crippen LogP contribution in [0, 0.1) is 11.8 Å². The van der Waals surface area contributed by atoms with Crippen molar-refractivity contribution in [3.8, 4) is 0 Å². The van der Waals surface area contributed by atoms with Crippen LogP contribution in [-0.4, -0.2) is 6.04 Å². The molecule has 2 heteroatoms. The van der Waals surface area contributed by atoms with Crippen LogP contribution in [0.1, 0.15) is 63.5 Å². The van der Waals surface area contributed by atoms with Crippen molar-refractivity contribution in [3.63, 3.8) is 0 Å². The normalized spacial score (nSPS) is 31.6. The lowest BCUT2D eigenvalue weighted by molar-refractivity contribution is 0.139. The van der Waals surface area contributed by atoms with Crippen LogP contribution >= 0.6 is 15.9 Å². The highest BCUT2D eigenvalue weighted by molar-refractivity contribution is 9.10. The summed E-state index contributed by atoms with van der Waals surface area (Å²) in [7, 11) is 0.